The Kier molecular flexibility index (Phi) is 5.51. The van der Waals surface area contributed by atoms with E-state index in [4.69, 9.17) is 14.8 Å². The first-order valence-electron chi connectivity index (χ1n) is 7.91. The van der Waals surface area contributed by atoms with Gasteiger partial charge in [0.1, 0.15) is 5.82 Å². The van der Waals surface area contributed by atoms with Crippen molar-refractivity contribution in [2.75, 3.05) is 25.2 Å². The second kappa shape index (κ2) is 7.79. The molecule has 0 unspecified atom stereocenters. The summed E-state index contributed by atoms with van der Waals surface area (Å²) in [5.74, 6) is 3.57. The van der Waals surface area contributed by atoms with Gasteiger partial charge in [-0.15, -0.1) is 0 Å². The lowest BCUT2D eigenvalue weighted by molar-refractivity contribution is 0.192. The molecule has 5 heteroatoms. The topological polar surface area (TPSA) is 39.9 Å². The normalized spacial score (nSPS) is 18.0. The fourth-order valence-corrected chi connectivity index (χ4v) is 3.17. The van der Waals surface area contributed by atoms with E-state index in [0.29, 0.717) is 5.92 Å². The van der Waals surface area contributed by atoms with E-state index in [1.807, 2.05) is 11.8 Å². The molecular formula is C17H23N3OS. The highest BCUT2D eigenvalue weighted by atomic mass is 32.2. The molecule has 0 bridgehead atoms. The molecular weight excluding hydrogens is 294 g/mol. The molecule has 1 aromatic heterocycles. The van der Waals surface area contributed by atoms with Gasteiger partial charge >= 0.3 is 0 Å². The van der Waals surface area contributed by atoms with Crippen LogP contribution in [0, 0.1) is 0 Å². The summed E-state index contributed by atoms with van der Waals surface area (Å²) in [5.41, 5.74) is 1.34. The molecule has 0 N–H and O–H groups in total. The fraction of sp³-hybridized carbons (Fsp3) is 0.529. The SMILES string of the molecule is CSCCc1nc([C@@H]2CCOC2)n(CCc2ccccc2)n1. The number of hydrogen-bond acceptors (Lipinski definition) is 4. The molecule has 2 heterocycles. The van der Waals surface area contributed by atoms with Crippen LogP contribution in [0.5, 0.6) is 0 Å². The highest BCUT2D eigenvalue weighted by Gasteiger charge is 2.24. The number of thioether (sulfide) groups is 1. The first-order chi connectivity index (χ1) is 10.9. The molecule has 1 fully saturated rings. The summed E-state index contributed by atoms with van der Waals surface area (Å²) in [7, 11) is 0. The molecule has 4 nitrogen and oxygen atoms in total. The molecule has 0 radical (unpaired) electrons. The fourth-order valence-electron chi connectivity index (χ4n) is 2.79. The third-order valence-electron chi connectivity index (χ3n) is 4.02. The molecule has 2 aromatic rings. The monoisotopic (exact) mass is 317 g/mol. The zero-order chi connectivity index (χ0) is 15.2. The summed E-state index contributed by atoms with van der Waals surface area (Å²) in [6, 6.07) is 10.6. The van der Waals surface area contributed by atoms with Gasteiger partial charge in [-0.1, -0.05) is 30.3 Å². The Labute approximate surface area is 136 Å². The molecule has 3 rings (SSSR count). The number of ether oxygens (including phenoxy) is 1. The lowest BCUT2D eigenvalue weighted by Crippen LogP contribution is -2.12. The van der Waals surface area contributed by atoms with Crippen molar-refractivity contribution < 1.29 is 4.74 Å². The number of nitrogens with zero attached hydrogens (tertiary/aromatic N) is 3. The lowest BCUT2D eigenvalue weighted by Gasteiger charge is -2.09. The van der Waals surface area contributed by atoms with Crippen LogP contribution >= 0.6 is 11.8 Å². The number of hydrogen-bond donors (Lipinski definition) is 0. The van der Waals surface area contributed by atoms with Crippen molar-refractivity contribution in [1.29, 1.82) is 0 Å². The number of rotatable bonds is 7. The third-order valence-corrected chi connectivity index (χ3v) is 4.64. The Morgan fingerprint density at radius 2 is 2.14 bits per heavy atom. The van der Waals surface area contributed by atoms with Gasteiger partial charge in [0.25, 0.3) is 0 Å². The largest absolute Gasteiger partial charge is 0.381 e. The molecule has 0 saturated carbocycles. The van der Waals surface area contributed by atoms with E-state index in [2.05, 4.69) is 41.3 Å². The Morgan fingerprint density at radius 3 is 2.86 bits per heavy atom. The number of aromatic nitrogens is 3. The van der Waals surface area contributed by atoms with Crippen molar-refractivity contribution in [2.45, 2.75) is 31.7 Å². The first kappa shape index (κ1) is 15.6. The smallest absolute Gasteiger partial charge is 0.151 e. The standard InChI is InChI=1S/C17H23N3OS/c1-22-12-9-16-18-17(15-8-11-21-13-15)20(19-16)10-7-14-5-3-2-4-6-14/h2-6,15H,7-13H2,1H3/t15-/m1/s1. The molecule has 1 aromatic carbocycles. The zero-order valence-corrected chi connectivity index (χ0v) is 13.9. The molecule has 22 heavy (non-hydrogen) atoms. The second-order valence-corrected chi connectivity index (χ2v) is 6.63. The van der Waals surface area contributed by atoms with E-state index in [0.717, 1.165) is 56.4 Å². The minimum Gasteiger partial charge on any atom is -0.381 e. The molecule has 1 saturated heterocycles. The van der Waals surface area contributed by atoms with Crippen molar-refractivity contribution in [3.05, 3.63) is 47.5 Å². The van der Waals surface area contributed by atoms with Crippen LogP contribution in [0.15, 0.2) is 30.3 Å². The van der Waals surface area contributed by atoms with Crippen molar-refractivity contribution in [3.63, 3.8) is 0 Å². The molecule has 1 atom stereocenters. The van der Waals surface area contributed by atoms with Gasteiger partial charge in [-0.2, -0.15) is 16.9 Å². The summed E-state index contributed by atoms with van der Waals surface area (Å²) in [6.07, 6.45) is 5.12. The van der Waals surface area contributed by atoms with Gasteiger partial charge in [0.2, 0.25) is 0 Å². The predicted molar refractivity (Wildman–Crippen MR) is 90.4 cm³/mol. The molecule has 118 valence electrons. The number of benzene rings is 1. The Morgan fingerprint density at radius 1 is 1.27 bits per heavy atom. The van der Waals surface area contributed by atoms with Gasteiger partial charge in [-0.05, 0) is 24.7 Å². The average Bonchev–Trinajstić information content (AvgIpc) is 3.21. The van der Waals surface area contributed by atoms with Gasteiger partial charge in [0, 0.05) is 31.2 Å². The molecule has 0 amide bonds. The summed E-state index contributed by atoms with van der Waals surface area (Å²) >= 11 is 1.84. The molecule has 0 aliphatic carbocycles. The summed E-state index contributed by atoms with van der Waals surface area (Å²) in [5, 5.41) is 4.74. The maximum Gasteiger partial charge on any atom is 0.151 e. The highest BCUT2D eigenvalue weighted by molar-refractivity contribution is 7.98. The zero-order valence-electron chi connectivity index (χ0n) is 13.1. The van der Waals surface area contributed by atoms with Gasteiger partial charge < -0.3 is 4.74 Å². The predicted octanol–water partition coefficient (Wildman–Crippen LogP) is 2.93. The summed E-state index contributed by atoms with van der Waals surface area (Å²) in [6.45, 7) is 2.52. The van der Waals surface area contributed by atoms with Gasteiger partial charge in [-0.3, -0.25) is 0 Å². The van der Waals surface area contributed by atoms with E-state index in [9.17, 15) is 0 Å². The van der Waals surface area contributed by atoms with Crippen LogP contribution in [0.2, 0.25) is 0 Å². The van der Waals surface area contributed by atoms with Crippen molar-refractivity contribution in [1.82, 2.24) is 14.8 Å². The van der Waals surface area contributed by atoms with Crippen LogP contribution in [-0.4, -0.2) is 40.0 Å². The highest BCUT2D eigenvalue weighted by Crippen LogP contribution is 2.24. The van der Waals surface area contributed by atoms with Gasteiger partial charge in [-0.25, -0.2) is 9.67 Å². The van der Waals surface area contributed by atoms with Crippen molar-refractivity contribution >= 4 is 11.8 Å². The Bertz CT molecular complexity index is 579. The lowest BCUT2D eigenvalue weighted by atomic mass is 10.1. The van der Waals surface area contributed by atoms with Gasteiger partial charge in [0.15, 0.2) is 5.82 Å². The first-order valence-corrected chi connectivity index (χ1v) is 9.30. The van der Waals surface area contributed by atoms with Crippen LogP contribution in [-0.2, 0) is 24.1 Å². The van der Waals surface area contributed by atoms with E-state index < -0.39 is 0 Å². The third kappa shape index (κ3) is 3.90. The number of aryl methyl sites for hydroxylation is 3. The minimum absolute atomic E-state index is 0.409. The van der Waals surface area contributed by atoms with Crippen LogP contribution < -0.4 is 0 Å². The van der Waals surface area contributed by atoms with E-state index in [1.54, 1.807) is 0 Å². The Balaban J connectivity index is 1.73. The van der Waals surface area contributed by atoms with Crippen LogP contribution in [0.4, 0.5) is 0 Å². The molecule has 1 aliphatic heterocycles. The van der Waals surface area contributed by atoms with E-state index >= 15 is 0 Å². The quantitative estimate of drug-likeness (QED) is 0.787. The minimum atomic E-state index is 0.409. The van der Waals surface area contributed by atoms with Crippen molar-refractivity contribution in [2.24, 2.45) is 0 Å². The van der Waals surface area contributed by atoms with Gasteiger partial charge in [0.05, 0.1) is 6.61 Å². The Hall–Kier alpha value is -1.33. The molecule has 1 aliphatic rings. The van der Waals surface area contributed by atoms with Crippen LogP contribution in [0.25, 0.3) is 0 Å². The molecule has 0 spiro atoms. The average molecular weight is 317 g/mol. The second-order valence-electron chi connectivity index (χ2n) is 5.65. The van der Waals surface area contributed by atoms with Crippen molar-refractivity contribution in [3.8, 4) is 0 Å². The summed E-state index contributed by atoms with van der Waals surface area (Å²) < 4.78 is 7.65. The van der Waals surface area contributed by atoms with Crippen LogP contribution in [0.3, 0.4) is 0 Å². The summed E-state index contributed by atoms with van der Waals surface area (Å²) in [4.78, 5) is 4.80. The van der Waals surface area contributed by atoms with E-state index in [-0.39, 0.29) is 0 Å². The maximum absolute atomic E-state index is 5.53. The van der Waals surface area contributed by atoms with E-state index in [1.165, 1.54) is 5.56 Å². The maximum atomic E-state index is 5.53. The van der Waals surface area contributed by atoms with Crippen LogP contribution in [0.1, 0.15) is 29.6 Å².